The molecule has 1 heterocycles. The number of amides is 1. The molecule has 0 saturated heterocycles. The summed E-state index contributed by atoms with van der Waals surface area (Å²) in [6.45, 7) is 1.97. The summed E-state index contributed by atoms with van der Waals surface area (Å²) in [6, 6.07) is 14.3. The lowest BCUT2D eigenvalue weighted by Crippen LogP contribution is -2.41. The fourth-order valence-electron chi connectivity index (χ4n) is 6.51. The van der Waals surface area contributed by atoms with Crippen LogP contribution in [0.5, 0.6) is 5.75 Å². The van der Waals surface area contributed by atoms with Crippen molar-refractivity contribution in [3.05, 3.63) is 70.4 Å². The second kappa shape index (κ2) is 12.6. The van der Waals surface area contributed by atoms with Crippen LogP contribution in [0.2, 0.25) is 0 Å². The van der Waals surface area contributed by atoms with Gasteiger partial charge in [-0.25, -0.2) is 4.98 Å². The van der Waals surface area contributed by atoms with E-state index in [9.17, 15) is 15.0 Å². The molecule has 2 aliphatic rings. The van der Waals surface area contributed by atoms with E-state index in [1.165, 1.54) is 17.8 Å². The standard InChI is InChI=1S/C32H40N2O4S/c1-20-15-22(12-14-28(20)38-2)26-13-11-25(17-27(26)36)31(34-32(37)21-7-4-3-5-8-21)24-10-6-9-23(16-24)29-18-33-30(19-35)39-29/h6,9-10,12,14-16,18,21,25-27,31,35-36H,3-5,7-8,11,13,17,19H2,1-2H3,(H,34,37). The Labute approximate surface area is 235 Å². The minimum atomic E-state index is -0.484. The van der Waals surface area contributed by atoms with Crippen LogP contribution >= 0.6 is 11.3 Å². The van der Waals surface area contributed by atoms with Gasteiger partial charge in [-0.2, -0.15) is 0 Å². The van der Waals surface area contributed by atoms with E-state index >= 15 is 0 Å². The third kappa shape index (κ3) is 6.37. The number of hydrogen-bond donors (Lipinski definition) is 3. The zero-order chi connectivity index (χ0) is 27.4. The van der Waals surface area contributed by atoms with E-state index in [0.29, 0.717) is 11.4 Å². The largest absolute Gasteiger partial charge is 0.496 e. The lowest BCUT2D eigenvalue weighted by Gasteiger charge is -2.38. The van der Waals surface area contributed by atoms with Crippen molar-refractivity contribution in [2.45, 2.75) is 83.0 Å². The highest BCUT2D eigenvalue weighted by Crippen LogP contribution is 2.43. The van der Waals surface area contributed by atoms with E-state index in [4.69, 9.17) is 4.74 Å². The van der Waals surface area contributed by atoms with Crippen LogP contribution in [-0.4, -0.2) is 34.3 Å². The van der Waals surface area contributed by atoms with Gasteiger partial charge in [-0.15, -0.1) is 11.3 Å². The van der Waals surface area contributed by atoms with Gasteiger partial charge in [0.25, 0.3) is 0 Å². The molecule has 4 unspecified atom stereocenters. The van der Waals surface area contributed by atoms with Crippen molar-refractivity contribution >= 4 is 17.2 Å². The number of aryl methyl sites for hydroxylation is 1. The first-order valence-corrected chi connectivity index (χ1v) is 15.1. The summed E-state index contributed by atoms with van der Waals surface area (Å²) in [4.78, 5) is 18.8. The highest BCUT2D eigenvalue weighted by molar-refractivity contribution is 7.15. The van der Waals surface area contributed by atoms with Crippen molar-refractivity contribution in [1.29, 1.82) is 0 Å². The van der Waals surface area contributed by atoms with E-state index in [1.807, 2.05) is 19.1 Å². The number of methoxy groups -OCH3 is 1. The number of aromatic nitrogens is 1. The van der Waals surface area contributed by atoms with Gasteiger partial charge in [-0.05, 0) is 79.3 Å². The molecule has 2 saturated carbocycles. The average Bonchev–Trinajstić information content (AvgIpc) is 3.46. The maximum absolute atomic E-state index is 13.5. The fourth-order valence-corrected chi connectivity index (χ4v) is 7.29. The minimum absolute atomic E-state index is 0.0702. The molecular formula is C32H40N2O4S. The zero-order valence-electron chi connectivity index (χ0n) is 22.9. The lowest BCUT2D eigenvalue weighted by molar-refractivity contribution is -0.127. The number of ether oxygens (including phenoxy) is 1. The van der Waals surface area contributed by atoms with Crippen LogP contribution in [0.4, 0.5) is 0 Å². The quantitative estimate of drug-likeness (QED) is 0.307. The van der Waals surface area contributed by atoms with Gasteiger partial charge >= 0.3 is 0 Å². The molecule has 5 rings (SSSR count). The number of aliphatic hydroxyl groups is 2. The van der Waals surface area contributed by atoms with E-state index < -0.39 is 6.10 Å². The molecular weight excluding hydrogens is 508 g/mol. The topological polar surface area (TPSA) is 91.7 Å². The first-order valence-electron chi connectivity index (χ1n) is 14.3. The van der Waals surface area contributed by atoms with Crippen molar-refractivity contribution in [2.75, 3.05) is 7.11 Å². The molecule has 39 heavy (non-hydrogen) atoms. The molecule has 3 N–H and O–H groups in total. The van der Waals surface area contributed by atoms with Gasteiger partial charge in [0.1, 0.15) is 10.8 Å². The number of rotatable bonds is 8. The Hall–Kier alpha value is -2.74. The number of benzene rings is 2. The number of aliphatic hydroxyl groups excluding tert-OH is 2. The van der Waals surface area contributed by atoms with Crippen molar-refractivity contribution in [3.8, 4) is 16.2 Å². The Morgan fingerprint density at radius 1 is 1.13 bits per heavy atom. The smallest absolute Gasteiger partial charge is 0.223 e. The number of nitrogens with one attached hydrogen (secondary N) is 1. The predicted octanol–water partition coefficient (Wildman–Crippen LogP) is 6.30. The summed E-state index contributed by atoms with van der Waals surface area (Å²) >= 11 is 1.48. The molecule has 2 aromatic carbocycles. The number of thiazole rings is 1. The maximum atomic E-state index is 13.5. The molecule has 2 fully saturated rings. The summed E-state index contributed by atoms with van der Waals surface area (Å²) in [5.74, 6) is 1.28. The second-order valence-corrected chi connectivity index (χ2v) is 12.3. The van der Waals surface area contributed by atoms with Gasteiger partial charge < -0.3 is 20.3 Å². The third-order valence-corrected chi connectivity index (χ3v) is 9.70. The summed E-state index contributed by atoms with van der Waals surface area (Å²) in [6.07, 6.45) is 9.07. The molecule has 208 valence electrons. The molecule has 0 spiro atoms. The van der Waals surface area contributed by atoms with Crippen molar-refractivity contribution < 1.29 is 19.7 Å². The Kier molecular flexibility index (Phi) is 9.00. The van der Waals surface area contributed by atoms with Gasteiger partial charge in [0.15, 0.2) is 0 Å². The predicted molar refractivity (Wildman–Crippen MR) is 155 cm³/mol. The molecule has 0 aliphatic heterocycles. The fraction of sp³-hybridized carbons (Fsp3) is 0.500. The monoisotopic (exact) mass is 548 g/mol. The summed E-state index contributed by atoms with van der Waals surface area (Å²) in [5.41, 5.74) is 4.32. The summed E-state index contributed by atoms with van der Waals surface area (Å²) in [5, 5.41) is 25.0. The molecule has 7 heteroatoms. The van der Waals surface area contributed by atoms with E-state index in [0.717, 1.165) is 71.4 Å². The molecule has 1 amide bonds. The zero-order valence-corrected chi connectivity index (χ0v) is 23.8. The van der Waals surface area contributed by atoms with Crippen LogP contribution in [-0.2, 0) is 11.4 Å². The van der Waals surface area contributed by atoms with Gasteiger partial charge in [-0.1, -0.05) is 49.6 Å². The van der Waals surface area contributed by atoms with Gasteiger partial charge in [-0.3, -0.25) is 4.79 Å². The van der Waals surface area contributed by atoms with Crippen LogP contribution < -0.4 is 10.1 Å². The van der Waals surface area contributed by atoms with Gasteiger partial charge in [0.2, 0.25) is 5.91 Å². The molecule has 0 radical (unpaired) electrons. The molecule has 6 nitrogen and oxygen atoms in total. The van der Waals surface area contributed by atoms with Gasteiger partial charge in [0, 0.05) is 18.0 Å². The highest BCUT2D eigenvalue weighted by Gasteiger charge is 2.36. The van der Waals surface area contributed by atoms with E-state index in [2.05, 4.69) is 40.6 Å². The molecule has 1 aromatic heterocycles. The lowest BCUT2D eigenvalue weighted by atomic mass is 9.72. The second-order valence-electron chi connectivity index (χ2n) is 11.2. The number of nitrogens with zero attached hydrogens (tertiary/aromatic N) is 1. The third-order valence-electron chi connectivity index (χ3n) is 8.67. The van der Waals surface area contributed by atoms with Crippen molar-refractivity contribution in [3.63, 3.8) is 0 Å². The van der Waals surface area contributed by atoms with Crippen LogP contribution in [0.25, 0.3) is 10.4 Å². The number of hydrogen-bond acceptors (Lipinski definition) is 6. The Balaban J connectivity index is 1.39. The summed E-state index contributed by atoms with van der Waals surface area (Å²) < 4.78 is 5.43. The van der Waals surface area contributed by atoms with E-state index in [1.54, 1.807) is 13.3 Å². The Morgan fingerprint density at radius 2 is 1.95 bits per heavy atom. The van der Waals surface area contributed by atoms with Crippen molar-refractivity contribution in [2.24, 2.45) is 11.8 Å². The van der Waals surface area contributed by atoms with E-state index in [-0.39, 0.29) is 36.3 Å². The van der Waals surface area contributed by atoms with Crippen LogP contribution in [0.1, 0.15) is 85.0 Å². The molecule has 3 aromatic rings. The number of carbonyl (C=O) groups is 1. The average molecular weight is 549 g/mol. The maximum Gasteiger partial charge on any atom is 0.223 e. The Bertz CT molecular complexity index is 1270. The van der Waals surface area contributed by atoms with Gasteiger partial charge in [0.05, 0.1) is 30.7 Å². The summed E-state index contributed by atoms with van der Waals surface area (Å²) in [7, 11) is 1.68. The molecule has 2 aliphatic carbocycles. The SMILES string of the molecule is COc1ccc(C2CCC(C(NC(=O)C3CCCCC3)c3cccc(-c4cnc(CO)s4)c3)CC2O)cc1C. The first kappa shape index (κ1) is 27.8. The minimum Gasteiger partial charge on any atom is -0.496 e. The first-order chi connectivity index (χ1) is 19.0. The molecule has 0 bridgehead atoms. The van der Waals surface area contributed by atoms with Crippen LogP contribution in [0, 0.1) is 18.8 Å². The Morgan fingerprint density at radius 3 is 2.64 bits per heavy atom. The van der Waals surface area contributed by atoms with Crippen LogP contribution in [0.15, 0.2) is 48.7 Å². The highest BCUT2D eigenvalue weighted by atomic mass is 32.1. The van der Waals surface area contributed by atoms with Crippen molar-refractivity contribution in [1.82, 2.24) is 10.3 Å². The van der Waals surface area contributed by atoms with Crippen LogP contribution in [0.3, 0.4) is 0 Å². The number of carbonyl (C=O) groups excluding carboxylic acids is 1. The molecule has 4 atom stereocenters. The normalized spacial score (nSPS) is 22.8.